The quantitative estimate of drug-likeness (QED) is 0.624. The fourth-order valence-corrected chi connectivity index (χ4v) is 1.29. The summed E-state index contributed by atoms with van der Waals surface area (Å²) in [6.45, 7) is 0.206. The number of benzene rings is 1. The lowest BCUT2D eigenvalue weighted by Crippen LogP contribution is -2.00. The number of ether oxygens (including phenoxy) is 1. The molecule has 0 heterocycles. The highest BCUT2D eigenvalue weighted by molar-refractivity contribution is 5.56. The number of allylic oxidation sites excluding steroid dienone is 1. The molecule has 4 nitrogen and oxygen atoms in total. The van der Waals surface area contributed by atoms with Crippen molar-refractivity contribution in [2.45, 2.75) is 12.8 Å². The predicted molar refractivity (Wildman–Crippen MR) is 63.4 cm³/mol. The van der Waals surface area contributed by atoms with Crippen molar-refractivity contribution in [2.24, 2.45) is 0 Å². The van der Waals surface area contributed by atoms with Gasteiger partial charge < -0.3 is 9.84 Å². The summed E-state index contributed by atoms with van der Waals surface area (Å²) in [7, 11) is 0. The van der Waals surface area contributed by atoms with E-state index in [4.69, 9.17) is 10.4 Å². The first-order valence-electron chi connectivity index (χ1n) is 5.25. The van der Waals surface area contributed by atoms with E-state index in [0.717, 1.165) is 12.0 Å². The molecule has 1 aromatic rings. The Bertz CT molecular complexity index is 446. The third-order valence-corrected chi connectivity index (χ3v) is 2.07. The third-order valence-electron chi connectivity index (χ3n) is 2.07. The normalized spacial score (nSPS) is 10.1. The van der Waals surface area contributed by atoms with Crippen LogP contribution in [0.25, 0.3) is 6.08 Å². The van der Waals surface area contributed by atoms with Crippen molar-refractivity contribution >= 4 is 12.2 Å². The molecule has 88 valence electrons. The number of nitrogens with zero attached hydrogens (tertiary/aromatic N) is 1. The minimum Gasteiger partial charge on any atom is -0.450 e. The summed E-state index contributed by atoms with van der Waals surface area (Å²) in [4.78, 5) is 10.1. The van der Waals surface area contributed by atoms with Gasteiger partial charge >= 0.3 is 6.16 Å². The molecule has 0 aliphatic rings. The number of nitriles is 1. The second-order valence-electron chi connectivity index (χ2n) is 3.40. The van der Waals surface area contributed by atoms with Crippen LogP contribution in [0.2, 0.25) is 0 Å². The van der Waals surface area contributed by atoms with Gasteiger partial charge in [-0.05, 0) is 30.5 Å². The van der Waals surface area contributed by atoms with Crippen LogP contribution in [0.5, 0.6) is 0 Å². The van der Waals surface area contributed by atoms with E-state index < -0.39 is 6.16 Å². The van der Waals surface area contributed by atoms with E-state index in [2.05, 4.69) is 10.8 Å². The van der Waals surface area contributed by atoms with Gasteiger partial charge in [0.05, 0.1) is 18.2 Å². The average Bonchev–Trinajstić information content (AvgIpc) is 2.33. The van der Waals surface area contributed by atoms with Crippen LogP contribution in [0.3, 0.4) is 0 Å². The van der Waals surface area contributed by atoms with Crippen LogP contribution in [0.15, 0.2) is 30.3 Å². The second kappa shape index (κ2) is 7.07. The van der Waals surface area contributed by atoms with Gasteiger partial charge in [0.15, 0.2) is 0 Å². The van der Waals surface area contributed by atoms with E-state index in [1.807, 2.05) is 24.3 Å². The SMILES string of the molecule is N#Cc1cccc(/C=C/CCCOC(=O)O)c1. The molecule has 1 N–H and O–H groups in total. The van der Waals surface area contributed by atoms with E-state index in [0.29, 0.717) is 12.0 Å². The van der Waals surface area contributed by atoms with Crippen molar-refractivity contribution in [2.75, 3.05) is 6.61 Å². The largest absolute Gasteiger partial charge is 0.505 e. The minimum absolute atomic E-state index is 0.206. The molecule has 0 aliphatic carbocycles. The van der Waals surface area contributed by atoms with Gasteiger partial charge in [-0.15, -0.1) is 0 Å². The van der Waals surface area contributed by atoms with E-state index >= 15 is 0 Å². The first-order chi connectivity index (χ1) is 8.22. The van der Waals surface area contributed by atoms with Gasteiger partial charge in [0.25, 0.3) is 0 Å². The van der Waals surface area contributed by atoms with Crippen molar-refractivity contribution in [3.63, 3.8) is 0 Å². The molecule has 0 spiro atoms. The molecule has 0 amide bonds. The molecule has 0 aromatic heterocycles. The monoisotopic (exact) mass is 231 g/mol. The highest BCUT2D eigenvalue weighted by Crippen LogP contribution is 2.07. The molecule has 1 rings (SSSR count). The van der Waals surface area contributed by atoms with Crippen molar-refractivity contribution < 1.29 is 14.6 Å². The second-order valence-corrected chi connectivity index (χ2v) is 3.40. The summed E-state index contributed by atoms with van der Waals surface area (Å²) in [5.74, 6) is 0. The van der Waals surface area contributed by atoms with Crippen LogP contribution < -0.4 is 0 Å². The minimum atomic E-state index is -1.24. The first kappa shape index (κ1) is 12.8. The molecule has 0 saturated carbocycles. The summed E-state index contributed by atoms with van der Waals surface area (Å²) in [6, 6.07) is 9.35. The molecule has 0 bridgehead atoms. The Morgan fingerprint density at radius 2 is 2.35 bits per heavy atom. The van der Waals surface area contributed by atoms with Gasteiger partial charge in [-0.25, -0.2) is 4.79 Å². The Hall–Kier alpha value is -2.28. The molecule has 0 unspecified atom stereocenters. The Morgan fingerprint density at radius 3 is 3.06 bits per heavy atom. The summed E-state index contributed by atoms with van der Waals surface area (Å²) in [5, 5.41) is 16.9. The summed E-state index contributed by atoms with van der Waals surface area (Å²) >= 11 is 0. The molecule has 0 atom stereocenters. The zero-order valence-corrected chi connectivity index (χ0v) is 9.30. The van der Waals surface area contributed by atoms with Gasteiger partial charge in [-0.1, -0.05) is 24.3 Å². The summed E-state index contributed by atoms with van der Waals surface area (Å²) < 4.78 is 4.37. The topological polar surface area (TPSA) is 70.3 Å². The smallest absolute Gasteiger partial charge is 0.450 e. The lowest BCUT2D eigenvalue weighted by molar-refractivity contribution is 0.0909. The van der Waals surface area contributed by atoms with Gasteiger partial charge in [0.2, 0.25) is 0 Å². The molecule has 0 aliphatic heterocycles. The lowest BCUT2D eigenvalue weighted by Gasteiger charge is -1.97. The fourth-order valence-electron chi connectivity index (χ4n) is 1.29. The molecule has 1 aromatic carbocycles. The van der Waals surface area contributed by atoms with Crippen molar-refractivity contribution in [3.05, 3.63) is 41.5 Å². The molecule has 0 radical (unpaired) electrons. The Labute approximate surface area is 99.8 Å². The van der Waals surface area contributed by atoms with Gasteiger partial charge in [0, 0.05) is 0 Å². The maximum absolute atomic E-state index is 10.1. The van der Waals surface area contributed by atoms with Crippen LogP contribution in [0.4, 0.5) is 4.79 Å². The van der Waals surface area contributed by atoms with Crippen LogP contribution in [0, 0.1) is 11.3 Å². The maximum atomic E-state index is 10.1. The molecular formula is C13H13NO3. The average molecular weight is 231 g/mol. The highest BCUT2D eigenvalue weighted by Gasteiger charge is 1.94. The van der Waals surface area contributed by atoms with Gasteiger partial charge in [-0.2, -0.15) is 5.26 Å². The number of hydrogen-bond acceptors (Lipinski definition) is 3. The van der Waals surface area contributed by atoms with E-state index in [1.165, 1.54) is 0 Å². The van der Waals surface area contributed by atoms with Crippen molar-refractivity contribution in [3.8, 4) is 6.07 Å². The maximum Gasteiger partial charge on any atom is 0.505 e. The van der Waals surface area contributed by atoms with Gasteiger partial charge in [0.1, 0.15) is 0 Å². The van der Waals surface area contributed by atoms with E-state index in [9.17, 15) is 4.79 Å². The zero-order valence-electron chi connectivity index (χ0n) is 9.30. The van der Waals surface area contributed by atoms with Gasteiger partial charge in [-0.3, -0.25) is 0 Å². The molecule has 0 fully saturated rings. The molecule has 17 heavy (non-hydrogen) atoms. The lowest BCUT2D eigenvalue weighted by atomic mass is 10.1. The zero-order chi connectivity index (χ0) is 12.5. The standard InChI is InChI=1S/C13H13NO3/c14-10-12-7-4-6-11(9-12)5-2-1-3-8-17-13(15)16/h2,4-7,9H,1,3,8H2,(H,15,16)/b5-2+. The fraction of sp³-hybridized carbons (Fsp3) is 0.231. The van der Waals surface area contributed by atoms with Crippen LogP contribution >= 0.6 is 0 Å². The third kappa shape index (κ3) is 5.38. The first-order valence-corrected chi connectivity index (χ1v) is 5.25. The Morgan fingerprint density at radius 1 is 1.53 bits per heavy atom. The number of unbranched alkanes of at least 4 members (excludes halogenated alkanes) is 1. The van der Waals surface area contributed by atoms with Crippen molar-refractivity contribution in [1.29, 1.82) is 5.26 Å². The number of rotatable bonds is 5. The van der Waals surface area contributed by atoms with Crippen LogP contribution in [-0.2, 0) is 4.74 Å². The number of carbonyl (C=O) groups is 1. The van der Waals surface area contributed by atoms with Crippen LogP contribution in [0.1, 0.15) is 24.0 Å². The van der Waals surface area contributed by atoms with Crippen LogP contribution in [-0.4, -0.2) is 17.9 Å². The molecule has 4 heteroatoms. The van der Waals surface area contributed by atoms with E-state index in [1.54, 1.807) is 12.1 Å². The predicted octanol–water partition coefficient (Wildman–Crippen LogP) is 3.05. The summed E-state index contributed by atoms with van der Waals surface area (Å²) in [6.07, 6.45) is 3.99. The molecule has 0 saturated heterocycles. The number of hydrogen-bond donors (Lipinski definition) is 1. The molecular weight excluding hydrogens is 218 g/mol. The highest BCUT2D eigenvalue weighted by atomic mass is 16.7. The van der Waals surface area contributed by atoms with E-state index in [-0.39, 0.29) is 6.61 Å². The van der Waals surface area contributed by atoms with Crippen molar-refractivity contribution in [1.82, 2.24) is 0 Å². The number of carboxylic acid groups (broad SMARTS) is 1. The Kier molecular flexibility index (Phi) is 5.32. The Balaban J connectivity index is 2.33. The summed E-state index contributed by atoms with van der Waals surface area (Å²) in [5.41, 5.74) is 1.59.